The highest BCUT2D eigenvalue weighted by atomic mass is 16.5. The van der Waals surface area contributed by atoms with Crippen LogP contribution in [0.4, 0.5) is 5.69 Å². The Bertz CT molecular complexity index is 1090. The normalized spacial score (nSPS) is 10.8. The maximum atomic E-state index is 12.3. The number of amides is 1. The van der Waals surface area contributed by atoms with Crippen LogP contribution in [0, 0.1) is 0 Å². The molecule has 0 aliphatic carbocycles. The van der Waals surface area contributed by atoms with Crippen LogP contribution in [-0.2, 0) is 17.8 Å². The van der Waals surface area contributed by atoms with E-state index in [4.69, 9.17) is 4.52 Å². The number of aromatic nitrogens is 5. The van der Waals surface area contributed by atoms with E-state index in [1.165, 1.54) is 5.56 Å². The number of carbonyl (C=O) groups is 1. The summed E-state index contributed by atoms with van der Waals surface area (Å²) in [5.74, 6) is 0.616. The van der Waals surface area contributed by atoms with E-state index in [0.717, 1.165) is 17.7 Å². The lowest BCUT2D eigenvalue weighted by Gasteiger charge is -2.07. The fourth-order valence-electron chi connectivity index (χ4n) is 2.74. The molecular formula is C20H18N6O2. The van der Waals surface area contributed by atoms with Gasteiger partial charge < -0.3 is 14.4 Å². The van der Waals surface area contributed by atoms with Crippen LogP contribution in [-0.4, -0.2) is 30.6 Å². The van der Waals surface area contributed by atoms with Crippen molar-refractivity contribution in [2.45, 2.75) is 19.9 Å². The van der Waals surface area contributed by atoms with E-state index in [0.29, 0.717) is 17.4 Å². The molecule has 1 aromatic carbocycles. The first kappa shape index (κ1) is 17.6. The first-order valence-electron chi connectivity index (χ1n) is 8.86. The average molecular weight is 374 g/mol. The van der Waals surface area contributed by atoms with Crippen molar-refractivity contribution in [1.29, 1.82) is 0 Å². The Morgan fingerprint density at radius 1 is 1.21 bits per heavy atom. The maximum absolute atomic E-state index is 12.3. The number of imidazole rings is 1. The molecule has 4 aromatic rings. The summed E-state index contributed by atoms with van der Waals surface area (Å²) in [6, 6.07) is 11.4. The summed E-state index contributed by atoms with van der Waals surface area (Å²) in [6.07, 6.45) is 7.51. The highest BCUT2D eigenvalue weighted by Gasteiger charge is 2.13. The molecule has 140 valence electrons. The minimum atomic E-state index is -0.136. The second-order valence-electron chi connectivity index (χ2n) is 6.19. The number of aryl methyl sites for hydroxylation is 1. The molecule has 0 fully saturated rings. The van der Waals surface area contributed by atoms with E-state index in [1.54, 1.807) is 41.6 Å². The van der Waals surface area contributed by atoms with Crippen molar-refractivity contribution in [2.24, 2.45) is 0 Å². The van der Waals surface area contributed by atoms with Gasteiger partial charge in [-0.1, -0.05) is 24.2 Å². The topological polar surface area (TPSA) is 98.7 Å². The summed E-state index contributed by atoms with van der Waals surface area (Å²) in [5.41, 5.74) is 3.27. The van der Waals surface area contributed by atoms with Gasteiger partial charge in [0.1, 0.15) is 12.2 Å². The molecule has 4 rings (SSSR count). The minimum Gasteiger partial charge on any atom is -0.334 e. The Morgan fingerprint density at radius 3 is 2.89 bits per heavy atom. The molecule has 8 nitrogen and oxygen atoms in total. The molecule has 8 heteroatoms. The molecule has 28 heavy (non-hydrogen) atoms. The van der Waals surface area contributed by atoms with E-state index in [-0.39, 0.29) is 12.5 Å². The van der Waals surface area contributed by atoms with Gasteiger partial charge in [0.15, 0.2) is 0 Å². The average Bonchev–Trinajstić information content (AvgIpc) is 3.38. The number of rotatable bonds is 6. The van der Waals surface area contributed by atoms with Crippen LogP contribution in [0.5, 0.6) is 0 Å². The van der Waals surface area contributed by atoms with Crippen LogP contribution in [0.3, 0.4) is 0 Å². The number of benzene rings is 1. The van der Waals surface area contributed by atoms with Crippen molar-refractivity contribution in [3.05, 3.63) is 66.9 Å². The van der Waals surface area contributed by atoms with Gasteiger partial charge in [-0.25, -0.2) is 4.98 Å². The summed E-state index contributed by atoms with van der Waals surface area (Å²) in [5, 5.41) is 6.86. The third-order valence-corrected chi connectivity index (χ3v) is 4.16. The van der Waals surface area contributed by atoms with E-state index in [1.807, 2.05) is 24.3 Å². The summed E-state index contributed by atoms with van der Waals surface area (Å²) in [6.45, 7) is 2.21. The summed E-state index contributed by atoms with van der Waals surface area (Å²) >= 11 is 0. The molecule has 1 amide bonds. The van der Waals surface area contributed by atoms with Crippen LogP contribution < -0.4 is 5.32 Å². The van der Waals surface area contributed by atoms with E-state index in [2.05, 4.69) is 32.3 Å². The third-order valence-electron chi connectivity index (χ3n) is 4.16. The SMILES string of the molecule is CCc1cccc(NC(=O)Cn2cnc(-c3noc(-c4ccncc4)n3)c2)c1. The molecule has 0 radical (unpaired) electrons. The largest absolute Gasteiger partial charge is 0.334 e. The zero-order chi connectivity index (χ0) is 19.3. The second kappa shape index (κ2) is 7.83. The molecule has 0 aliphatic rings. The Hall–Kier alpha value is -3.81. The Morgan fingerprint density at radius 2 is 2.07 bits per heavy atom. The smallest absolute Gasteiger partial charge is 0.258 e. The predicted octanol–water partition coefficient (Wildman–Crippen LogP) is 3.20. The van der Waals surface area contributed by atoms with Gasteiger partial charge >= 0.3 is 0 Å². The highest BCUT2D eigenvalue weighted by Crippen LogP contribution is 2.20. The van der Waals surface area contributed by atoms with Crippen LogP contribution in [0.15, 0.2) is 65.8 Å². The molecule has 3 aromatic heterocycles. The number of hydrogen-bond acceptors (Lipinski definition) is 6. The van der Waals surface area contributed by atoms with Gasteiger partial charge in [-0.2, -0.15) is 4.98 Å². The second-order valence-corrected chi connectivity index (χ2v) is 6.19. The number of hydrogen-bond donors (Lipinski definition) is 1. The first-order valence-corrected chi connectivity index (χ1v) is 8.86. The molecule has 1 N–H and O–H groups in total. The lowest BCUT2D eigenvalue weighted by atomic mass is 10.1. The number of pyridine rings is 1. The maximum Gasteiger partial charge on any atom is 0.258 e. The summed E-state index contributed by atoms with van der Waals surface area (Å²) in [7, 11) is 0. The monoisotopic (exact) mass is 374 g/mol. The molecule has 0 unspecified atom stereocenters. The van der Waals surface area contributed by atoms with Crippen LogP contribution in [0.2, 0.25) is 0 Å². The van der Waals surface area contributed by atoms with Crippen molar-refractivity contribution in [1.82, 2.24) is 24.7 Å². The van der Waals surface area contributed by atoms with E-state index < -0.39 is 0 Å². The summed E-state index contributed by atoms with van der Waals surface area (Å²) in [4.78, 5) is 24.9. The molecular weight excluding hydrogens is 356 g/mol. The molecule has 0 atom stereocenters. The number of anilines is 1. The standard InChI is InChI=1S/C20H18N6O2/c1-2-14-4-3-5-16(10-14)23-18(27)12-26-11-17(22-13-26)19-24-20(28-25-19)15-6-8-21-9-7-15/h3-11,13H,2,12H2,1H3,(H,23,27). The van der Waals surface area contributed by atoms with Crippen molar-refractivity contribution in [3.8, 4) is 23.0 Å². The molecule has 0 aliphatic heterocycles. The zero-order valence-corrected chi connectivity index (χ0v) is 15.2. The van der Waals surface area contributed by atoms with Gasteiger partial charge in [0.25, 0.3) is 5.89 Å². The van der Waals surface area contributed by atoms with Gasteiger partial charge in [0, 0.05) is 29.8 Å². The molecule has 0 bridgehead atoms. The lowest BCUT2D eigenvalue weighted by Crippen LogP contribution is -2.17. The third kappa shape index (κ3) is 3.96. The van der Waals surface area contributed by atoms with Crippen molar-refractivity contribution >= 4 is 11.6 Å². The quantitative estimate of drug-likeness (QED) is 0.556. The highest BCUT2D eigenvalue weighted by molar-refractivity contribution is 5.90. The fraction of sp³-hybridized carbons (Fsp3) is 0.150. The Labute approximate surface area is 161 Å². The fourth-order valence-corrected chi connectivity index (χ4v) is 2.74. The Balaban J connectivity index is 1.43. The molecule has 0 spiro atoms. The first-order chi connectivity index (χ1) is 13.7. The van der Waals surface area contributed by atoms with Crippen molar-refractivity contribution < 1.29 is 9.32 Å². The Kier molecular flexibility index (Phi) is 4.92. The van der Waals surface area contributed by atoms with Gasteiger partial charge in [-0.05, 0) is 36.2 Å². The van der Waals surface area contributed by atoms with Crippen LogP contribution >= 0.6 is 0 Å². The lowest BCUT2D eigenvalue weighted by molar-refractivity contribution is -0.116. The van der Waals surface area contributed by atoms with Crippen LogP contribution in [0.1, 0.15) is 12.5 Å². The van der Waals surface area contributed by atoms with E-state index >= 15 is 0 Å². The van der Waals surface area contributed by atoms with Crippen molar-refractivity contribution in [3.63, 3.8) is 0 Å². The summed E-state index contributed by atoms with van der Waals surface area (Å²) < 4.78 is 6.96. The van der Waals surface area contributed by atoms with E-state index in [9.17, 15) is 4.79 Å². The predicted molar refractivity (Wildman–Crippen MR) is 103 cm³/mol. The number of nitrogens with one attached hydrogen (secondary N) is 1. The molecule has 3 heterocycles. The molecule has 0 saturated heterocycles. The molecule has 0 saturated carbocycles. The number of nitrogens with zero attached hydrogens (tertiary/aromatic N) is 5. The number of carbonyl (C=O) groups excluding carboxylic acids is 1. The van der Waals surface area contributed by atoms with Gasteiger partial charge in [0.05, 0.1) is 6.33 Å². The van der Waals surface area contributed by atoms with Gasteiger partial charge in [-0.3, -0.25) is 9.78 Å². The van der Waals surface area contributed by atoms with Crippen LogP contribution in [0.25, 0.3) is 23.0 Å². The zero-order valence-electron chi connectivity index (χ0n) is 15.2. The van der Waals surface area contributed by atoms with Gasteiger partial charge in [-0.15, -0.1) is 0 Å². The van der Waals surface area contributed by atoms with Gasteiger partial charge in [0.2, 0.25) is 11.7 Å². The van der Waals surface area contributed by atoms with Crippen molar-refractivity contribution in [2.75, 3.05) is 5.32 Å². The minimum absolute atomic E-state index is 0.136.